The lowest BCUT2D eigenvalue weighted by atomic mass is 10.1. The van der Waals surface area contributed by atoms with Crippen LogP contribution in [0.4, 0.5) is 0 Å². The number of hydrogen-bond acceptors (Lipinski definition) is 8. The van der Waals surface area contributed by atoms with Gasteiger partial charge >= 0.3 is 0 Å². The van der Waals surface area contributed by atoms with Gasteiger partial charge in [-0.05, 0) is 24.8 Å². The second-order valence-electron chi connectivity index (χ2n) is 6.91. The molecule has 8 nitrogen and oxygen atoms in total. The molecule has 0 fully saturated rings. The van der Waals surface area contributed by atoms with Crippen LogP contribution in [0.5, 0.6) is 0 Å². The van der Waals surface area contributed by atoms with Crippen LogP contribution >= 0.6 is 23.1 Å². The van der Waals surface area contributed by atoms with Gasteiger partial charge in [0.15, 0.2) is 5.82 Å². The molecule has 0 radical (unpaired) electrons. The molecule has 0 bridgehead atoms. The number of thiophene rings is 1. The van der Waals surface area contributed by atoms with E-state index in [1.807, 2.05) is 55.6 Å². The fraction of sp³-hybridized carbons (Fsp3) is 0.286. The van der Waals surface area contributed by atoms with E-state index in [2.05, 4.69) is 25.4 Å². The summed E-state index contributed by atoms with van der Waals surface area (Å²) in [5, 5.41) is 17.8. The van der Waals surface area contributed by atoms with Crippen LogP contribution in [-0.4, -0.2) is 48.5 Å². The predicted molar refractivity (Wildman–Crippen MR) is 121 cm³/mol. The van der Waals surface area contributed by atoms with E-state index >= 15 is 0 Å². The lowest BCUT2D eigenvalue weighted by Gasteiger charge is -2.19. The van der Waals surface area contributed by atoms with Gasteiger partial charge in [0.25, 0.3) is 5.89 Å². The highest BCUT2D eigenvalue weighted by atomic mass is 32.2. The molecule has 0 aliphatic rings. The molecule has 160 valence electrons. The normalized spacial score (nSPS) is 11.0. The standard InChI is InChI=1S/C21H22N6O2S2/c1-3-10-27(12-17-23-25-20(29-17)16-5-4-11-30-16)18(28)13-31-21-22-19(24-26-21)15-8-6-14(2)7-9-15/h4-9,11H,3,10,12-13H2,1-2H3,(H,22,24,26). The number of aryl methyl sites for hydroxylation is 1. The van der Waals surface area contributed by atoms with Crippen LogP contribution in [0, 0.1) is 6.92 Å². The molecule has 0 atom stereocenters. The minimum atomic E-state index is -0.0237. The van der Waals surface area contributed by atoms with E-state index in [4.69, 9.17) is 4.42 Å². The summed E-state index contributed by atoms with van der Waals surface area (Å²) in [6.07, 6.45) is 0.834. The number of nitrogens with one attached hydrogen (secondary N) is 1. The van der Waals surface area contributed by atoms with Crippen LogP contribution in [0.3, 0.4) is 0 Å². The summed E-state index contributed by atoms with van der Waals surface area (Å²) in [6.45, 7) is 4.96. The number of thioether (sulfide) groups is 1. The third-order valence-corrected chi connectivity index (χ3v) is 6.18. The van der Waals surface area contributed by atoms with Crippen LogP contribution in [0.1, 0.15) is 24.8 Å². The third kappa shape index (κ3) is 5.39. The van der Waals surface area contributed by atoms with E-state index in [-0.39, 0.29) is 18.2 Å². The molecular weight excluding hydrogens is 432 g/mol. The summed E-state index contributed by atoms with van der Waals surface area (Å²) in [5.74, 6) is 1.80. The third-order valence-electron chi connectivity index (χ3n) is 4.49. The maximum atomic E-state index is 12.8. The van der Waals surface area contributed by atoms with Crippen molar-refractivity contribution in [1.82, 2.24) is 30.3 Å². The number of carbonyl (C=O) groups excluding carboxylic acids is 1. The Morgan fingerprint density at radius 1 is 1.23 bits per heavy atom. The van der Waals surface area contributed by atoms with Gasteiger partial charge in [0.05, 0.1) is 17.2 Å². The average Bonchev–Trinajstić information content (AvgIpc) is 3.53. The van der Waals surface area contributed by atoms with E-state index in [0.717, 1.165) is 16.9 Å². The molecule has 0 spiro atoms. The number of carbonyl (C=O) groups is 1. The quantitative estimate of drug-likeness (QED) is 0.374. The molecule has 0 aliphatic heterocycles. The number of hydrogen-bond donors (Lipinski definition) is 1. The molecule has 4 aromatic rings. The van der Waals surface area contributed by atoms with Crippen molar-refractivity contribution in [2.24, 2.45) is 0 Å². The Morgan fingerprint density at radius 3 is 2.81 bits per heavy atom. The largest absolute Gasteiger partial charge is 0.418 e. The molecular formula is C21H22N6O2S2. The lowest BCUT2D eigenvalue weighted by Crippen LogP contribution is -2.32. The highest BCUT2D eigenvalue weighted by Gasteiger charge is 2.19. The molecule has 1 N–H and O–H groups in total. The van der Waals surface area contributed by atoms with E-state index in [9.17, 15) is 4.79 Å². The molecule has 31 heavy (non-hydrogen) atoms. The number of nitrogens with zero attached hydrogens (tertiary/aromatic N) is 5. The molecule has 1 amide bonds. The lowest BCUT2D eigenvalue weighted by molar-refractivity contribution is -0.129. The van der Waals surface area contributed by atoms with Gasteiger partial charge in [-0.2, -0.15) is 0 Å². The zero-order valence-electron chi connectivity index (χ0n) is 17.2. The summed E-state index contributed by atoms with van der Waals surface area (Å²) >= 11 is 2.84. The van der Waals surface area contributed by atoms with Crippen molar-refractivity contribution in [2.45, 2.75) is 32.0 Å². The minimum absolute atomic E-state index is 0.0237. The summed E-state index contributed by atoms with van der Waals surface area (Å²) in [7, 11) is 0. The van der Waals surface area contributed by atoms with E-state index in [1.165, 1.54) is 28.7 Å². The molecule has 3 heterocycles. The van der Waals surface area contributed by atoms with Crippen LogP contribution in [0.25, 0.3) is 22.2 Å². The Kier molecular flexibility index (Phi) is 6.78. The minimum Gasteiger partial charge on any atom is -0.418 e. The monoisotopic (exact) mass is 454 g/mol. The Bertz CT molecular complexity index is 1120. The van der Waals surface area contributed by atoms with Crippen LogP contribution in [0.2, 0.25) is 0 Å². The Morgan fingerprint density at radius 2 is 2.06 bits per heavy atom. The van der Waals surface area contributed by atoms with Crippen molar-refractivity contribution in [3.8, 4) is 22.2 Å². The molecule has 0 unspecified atom stereocenters. The number of H-pyrrole nitrogens is 1. The molecule has 0 aliphatic carbocycles. The molecule has 1 aromatic carbocycles. The number of amides is 1. The number of aromatic amines is 1. The first-order valence-electron chi connectivity index (χ1n) is 9.88. The van der Waals surface area contributed by atoms with Gasteiger partial charge in [-0.1, -0.05) is 54.6 Å². The highest BCUT2D eigenvalue weighted by Crippen LogP contribution is 2.24. The van der Waals surface area contributed by atoms with E-state index in [0.29, 0.717) is 29.3 Å². The van der Waals surface area contributed by atoms with Gasteiger partial charge in [-0.25, -0.2) is 4.98 Å². The predicted octanol–water partition coefficient (Wildman–Crippen LogP) is 4.42. The van der Waals surface area contributed by atoms with Crippen LogP contribution < -0.4 is 0 Å². The molecule has 0 saturated heterocycles. The molecule has 10 heteroatoms. The molecule has 4 rings (SSSR count). The smallest absolute Gasteiger partial charge is 0.257 e. The molecule has 3 aromatic heterocycles. The first-order chi connectivity index (χ1) is 15.1. The van der Waals surface area contributed by atoms with Crippen molar-refractivity contribution in [1.29, 1.82) is 0 Å². The fourth-order valence-corrected chi connectivity index (χ4v) is 4.26. The van der Waals surface area contributed by atoms with Crippen LogP contribution in [0.15, 0.2) is 51.4 Å². The second-order valence-corrected chi connectivity index (χ2v) is 8.81. The van der Waals surface area contributed by atoms with Crippen molar-refractivity contribution < 1.29 is 9.21 Å². The zero-order chi connectivity index (χ0) is 21.6. The first kappa shape index (κ1) is 21.3. The van der Waals surface area contributed by atoms with Gasteiger partial charge in [-0.15, -0.1) is 26.6 Å². The SMILES string of the molecule is CCCN(Cc1nnc(-c2cccs2)o1)C(=O)CSc1n[nH]c(-c2ccc(C)cc2)n1. The van der Waals surface area contributed by atoms with Crippen molar-refractivity contribution >= 4 is 29.0 Å². The number of rotatable bonds is 9. The van der Waals surface area contributed by atoms with Gasteiger partial charge in [0.1, 0.15) is 0 Å². The van der Waals surface area contributed by atoms with E-state index < -0.39 is 0 Å². The average molecular weight is 455 g/mol. The van der Waals surface area contributed by atoms with Gasteiger partial charge in [0, 0.05) is 12.1 Å². The zero-order valence-corrected chi connectivity index (χ0v) is 18.9. The summed E-state index contributed by atoms with van der Waals surface area (Å²) in [5.41, 5.74) is 2.14. The summed E-state index contributed by atoms with van der Waals surface area (Å²) in [6, 6.07) is 11.9. The van der Waals surface area contributed by atoms with Crippen molar-refractivity contribution in [3.05, 3.63) is 53.2 Å². The van der Waals surface area contributed by atoms with Gasteiger partial charge in [-0.3, -0.25) is 9.89 Å². The Labute approximate surface area is 188 Å². The fourth-order valence-electron chi connectivity index (χ4n) is 2.91. The highest BCUT2D eigenvalue weighted by molar-refractivity contribution is 7.99. The summed E-state index contributed by atoms with van der Waals surface area (Å²) < 4.78 is 5.74. The van der Waals surface area contributed by atoms with Gasteiger partial charge < -0.3 is 9.32 Å². The van der Waals surface area contributed by atoms with Gasteiger partial charge in [0.2, 0.25) is 17.0 Å². The first-order valence-corrected chi connectivity index (χ1v) is 11.7. The molecule has 0 saturated carbocycles. The summed E-state index contributed by atoms with van der Waals surface area (Å²) in [4.78, 5) is 19.9. The maximum Gasteiger partial charge on any atom is 0.257 e. The number of aromatic nitrogens is 5. The van der Waals surface area contributed by atoms with Crippen molar-refractivity contribution in [2.75, 3.05) is 12.3 Å². The van der Waals surface area contributed by atoms with E-state index in [1.54, 1.807) is 4.90 Å². The maximum absolute atomic E-state index is 12.8. The topological polar surface area (TPSA) is 101 Å². The van der Waals surface area contributed by atoms with Crippen LogP contribution in [-0.2, 0) is 11.3 Å². The second kappa shape index (κ2) is 9.88. The Hall–Kier alpha value is -2.98. The number of benzene rings is 1. The van der Waals surface area contributed by atoms with Crippen molar-refractivity contribution in [3.63, 3.8) is 0 Å². The Balaban J connectivity index is 1.36.